The molecule has 2 heterocycles. The number of ether oxygens (including phenoxy) is 1. The first-order chi connectivity index (χ1) is 15.0. The van der Waals surface area contributed by atoms with Crippen LogP contribution in [0.3, 0.4) is 0 Å². The van der Waals surface area contributed by atoms with Crippen LogP contribution in [0.5, 0.6) is 5.75 Å². The lowest BCUT2D eigenvalue weighted by molar-refractivity contribution is -0.134. The van der Waals surface area contributed by atoms with Crippen LogP contribution in [-0.2, 0) is 4.79 Å². The Morgan fingerprint density at radius 3 is 2.55 bits per heavy atom. The highest BCUT2D eigenvalue weighted by molar-refractivity contribution is 5.85. The molecule has 0 saturated carbocycles. The summed E-state index contributed by atoms with van der Waals surface area (Å²) >= 11 is 0. The number of hydrogen-bond donors (Lipinski definition) is 1. The van der Waals surface area contributed by atoms with Crippen molar-refractivity contribution in [3.05, 3.63) is 64.7 Å². The number of hydrogen-bond acceptors (Lipinski definition) is 5. The van der Waals surface area contributed by atoms with Gasteiger partial charge in [-0.1, -0.05) is 31.2 Å². The highest BCUT2D eigenvalue weighted by Gasteiger charge is 2.22. The van der Waals surface area contributed by atoms with Gasteiger partial charge in [-0.15, -0.1) is 0 Å². The number of carbonyl (C=O) groups is 1. The van der Waals surface area contributed by atoms with Crippen molar-refractivity contribution in [2.24, 2.45) is 11.7 Å². The van der Waals surface area contributed by atoms with E-state index < -0.39 is 6.04 Å². The van der Waals surface area contributed by atoms with Gasteiger partial charge in [0, 0.05) is 13.1 Å². The fourth-order valence-corrected chi connectivity index (χ4v) is 3.96. The number of nitrogens with zero attached hydrogens (tertiary/aromatic N) is 3. The molecule has 0 radical (unpaired) electrons. The lowest BCUT2D eigenvalue weighted by Gasteiger charge is -2.30. The number of amides is 1. The Hall–Kier alpha value is -3.19. The summed E-state index contributed by atoms with van der Waals surface area (Å²) in [6.07, 6.45) is 2.01. The number of aromatic nitrogens is 2. The van der Waals surface area contributed by atoms with Crippen LogP contribution in [0.1, 0.15) is 38.6 Å². The highest BCUT2D eigenvalue weighted by atomic mass is 16.5. The molecule has 4 rings (SSSR count). The van der Waals surface area contributed by atoms with Crippen LogP contribution in [0, 0.1) is 5.92 Å². The molecule has 1 atom stereocenters. The summed E-state index contributed by atoms with van der Waals surface area (Å²) in [6.45, 7) is 5.40. The second-order valence-corrected chi connectivity index (χ2v) is 8.24. The van der Waals surface area contributed by atoms with Crippen LogP contribution in [-0.4, -0.2) is 40.1 Å². The minimum Gasteiger partial charge on any atom is -0.483 e. The SMILES string of the molecule is CC1CCN(C(=O)COc2cccc3nc([C@H](C)N)n(-c4ccccc4)c(=O)c23)CC1. The molecule has 1 aliphatic rings. The third-order valence-corrected chi connectivity index (χ3v) is 5.79. The van der Waals surface area contributed by atoms with E-state index in [9.17, 15) is 9.59 Å². The standard InChI is InChI=1S/C24H28N4O3/c1-16-11-13-27(14-12-16)21(29)15-31-20-10-6-9-19-22(20)24(30)28(23(26-19)17(2)25)18-7-4-3-5-8-18/h3-10,16-17H,11-15,25H2,1-2H3/t17-/m0/s1. The van der Waals surface area contributed by atoms with Crippen molar-refractivity contribution < 1.29 is 9.53 Å². The molecule has 7 heteroatoms. The van der Waals surface area contributed by atoms with E-state index in [0.29, 0.717) is 34.1 Å². The first kappa shape index (κ1) is 21.1. The molecule has 1 amide bonds. The molecule has 3 aromatic rings. The van der Waals surface area contributed by atoms with Gasteiger partial charge in [-0.3, -0.25) is 14.2 Å². The molecule has 1 aliphatic heterocycles. The smallest absolute Gasteiger partial charge is 0.269 e. The normalized spacial score (nSPS) is 15.8. The van der Waals surface area contributed by atoms with E-state index in [0.717, 1.165) is 25.9 Å². The fraction of sp³-hybridized carbons (Fsp3) is 0.375. The first-order valence-corrected chi connectivity index (χ1v) is 10.7. The van der Waals surface area contributed by atoms with Gasteiger partial charge in [0.25, 0.3) is 11.5 Å². The first-order valence-electron chi connectivity index (χ1n) is 10.7. The van der Waals surface area contributed by atoms with Gasteiger partial charge in [0.1, 0.15) is 17.0 Å². The van der Waals surface area contributed by atoms with E-state index in [1.807, 2.05) is 35.2 Å². The molecule has 0 bridgehead atoms. The average Bonchev–Trinajstić information content (AvgIpc) is 2.78. The van der Waals surface area contributed by atoms with E-state index in [2.05, 4.69) is 11.9 Å². The summed E-state index contributed by atoms with van der Waals surface area (Å²) in [6, 6.07) is 14.1. The second kappa shape index (κ2) is 8.89. The fourth-order valence-electron chi connectivity index (χ4n) is 3.96. The Morgan fingerprint density at radius 2 is 1.87 bits per heavy atom. The van der Waals surface area contributed by atoms with E-state index in [4.69, 9.17) is 10.5 Å². The van der Waals surface area contributed by atoms with Crippen molar-refractivity contribution in [1.29, 1.82) is 0 Å². The number of carbonyl (C=O) groups excluding carboxylic acids is 1. The highest BCUT2D eigenvalue weighted by Crippen LogP contribution is 2.24. The Morgan fingerprint density at radius 1 is 1.16 bits per heavy atom. The Bertz CT molecular complexity index is 1130. The summed E-state index contributed by atoms with van der Waals surface area (Å²) in [5.74, 6) is 1.41. The monoisotopic (exact) mass is 420 g/mol. The lowest BCUT2D eigenvalue weighted by atomic mass is 9.99. The Labute approximate surface area is 181 Å². The quantitative estimate of drug-likeness (QED) is 0.685. The maximum Gasteiger partial charge on any atom is 0.269 e. The van der Waals surface area contributed by atoms with Crippen molar-refractivity contribution >= 4 is 16.8 Å². The predicted octanol–water partition coefficient (Wildman–Crippen LogP) is 3.04. The summed E-state index contributed by atoms with van der Waals surface area (Å²) < 4.78 is 7.38. The number of piperidine rings is 1. The van der Waals surface area contributed by atoms with Crippen LogP contribution < -0.4 is 16.0 Å². The maximum absolute atomic E-state index is 13.5. The molecule has 0 aliphatic carbocycles. The summed E-state index contributed by atoms with van der Waals surface area (Å²) in [4.78, 5) is 32.7. The zero-order chi connectivity index (χ0) is 22.0. The minimum atomic E-state index is -0.440. The van der Waals surface area contributed by atoms with Crippen molar-refractivity contribution in [2.75, 3.05) is 19.7 Å². The number of rotatable bonds is 5. The summed E-state index contributed by atoms with van der Waals surface area (Å²) in [7, 11) is 0. The molecule has 0 spiro atoms. The largest absolute Gasteiger partial charge is 0.483 e. The molecular formula is C24H28N4O3. The minimum absolute atomic E-state index is 0.0625. The summed E-state index contributed by atoms with van der Waals surface area (Å²) in [5, 5.41) is 0.343. The van der Waals surface area contributed by atoms with Crippen LogP contribution in [0.15, 0.2) is 53.3 Å². The molecule has 1 fully saturated rings. The molecule has 2 N–H and O–H groups in total. The van der Waals surface area contributed by atoms with E-state index in [1.54, 1.807) is 25.1 Å². The van der Waals surface area contributed by atoms with Gasteiger partial charge in [0.2, 0.25) is 0 Å². The third kappa shape index (κ3) is 4.32. The predicted molar refractivity (Wildman–Crippen MR) is 120 cm³/mol. The molecule has 0 unspecified atom stereocenters. The Balaban J connectivity index is 1.70. The van der Waals surface area contributed by atoms with E-state index in [1.165, 1.54) is 4.57 Å². The van der Waals surface area contributed by atoms with E-state index >= 15 is 0 Å². The van der Waals surface area contributed by atoms with Gasteiger partial charge < -0.3 is 15.4 Å². The van der Waals surface area contributed by atoms with Crippen molar-refractivity contribution in [2.45, 2.75) is 32.7 Å². The van der Waals surface area contributed by atoms with Crippen LogP contribution in [0.25, 0.3) is 16.6 Å². The van der Waals surface area contributed by atoms with Crippen LogP contribution in [0.2, 0.25) is 0 Å². The van der Waals surface area contributed by atoms with Crippen LogP contribution >= 0.6 is 0 Å². The van der Waals surface area contributed by atoms with Gasteiger partial charge in [-0.2, -0.15) is 0 Å². The molecule has 162 valence electrons. The van der Waals surface area contributed by atoms with Gasteiger partial charge in [-0.25, -0.2) is 4.98 Å². The zero-order valence-corrected chi connectivity index (χ0v) is 18.0. The maximum atomic E-state index is 13.5. The van der Waals surface area contributed by atoms with Crippen molar-refractivity contribution in [1.82, 2.24) is 14.5 Å². The molecule has 1 aromatic heterocycles. The third-order valence-electron chi connectivity index (χ3n) is 5.79. The van der Waals surface area contributed by atoms with Crippen molar-refractivity contribution in [3.8, 4) is 11.4 Å². The number of fused-ring (bicyclic) bond motifs is 1. The molecule has 2 aromatic carbocycles. The van der Waals surface area contributed by atoms with Crippen LogP contribution in [0.4, 0.5) is 0 Å². The Kier molecular flexibility index (Phi) is 6.04. The van der Waals surface area contributed by atoms with Gasteiger partial charge in [0.05, 0.1) is 17.2 Å². The van der Waals surface area contributed by atoms with Crippen molar-refractivity contribution in [3.63, 3.8) is 0 Å². The van der Waals surface area contributed by atoms with Gasteiger partial charge >= 0.3 is 0 Å². The zero-order valence-electron chi connectivity index (χ0n) is 18.0. The molecule has 7 nitrogen and oxygen atoms in total. The van der Waals surface area contributed by atoms with Gasteiger partial charge in [-0.05, 0) is 49.9 Å². The average molecular weight is 421 g/mol. The number of para-hydroxylation sites is 1. The van der Waals surface area contributed by atoms with E-state index in [-0.39, 0.29) is 18.1 Å². The van der Waals surface area contributed by atoms with Gasteiger partial charge in [0.15, 0.2) is 6.61 Å². The molecule has 31 heavy (non-hydrogen) atoms. The molecule has 1 saturated heterocycles. The molecular weight excluding hydrogens is 392 g/mol. The lowest BCUT2D eigenvalue weighted by Crippen LogP contribution is -2.40. The topological polar surface area (TPSA) is 90.4 Å². The number of likely N-dealkylation sites (tertiary alicyclic amines) is 1. The summed E-state index contributed by atoms with van der Waals surface area (Å²) in [5.41, 5.74) is 7.06. The number of nitrogens with two attached hydrogens (primary N) is 1. The number of benzene rings is 2. The second-order valence-electron chi connectivity index (χ2n) is 8.24.